The summed E-state index contributed by atoms with van der Waals surface area (Å²) < 4.78 is 0. The number of carbonyl (C=O) groups is 2. The number of hydrogen-bond donors (Lipinski definition) is 3. The summed E-state index contributed by atoms with van der Waals surface area (Å²) in [5.41, 5.74) is 4.80. The molecule has 0 bridgehead atoms. The lowest BCUT2D eigenvalue weighted by Gasteiger charge is -2.30. The molecule has 2 aliphatic rings. The molecule has 0 aromatic carbocycles. The van der Waals surface area contributed by atoms with Crippen LogP contribution in [0.2, 0.25) is 0 Å². The number of halogens is 1. The minimum absolute atomic E-state index is 0. The Bertz CT molecular complexity index is 377. The normalized spacial score (nSPS) is 23.8. The predicted octanol–water partition coefficient (Wildman–Crippen LogP) is 0.958. The molecule has 1 saturated heterocycles. The average molecular weight is 304 g/mol. The lowest BCUT2D eigenvalue weighted by atomic mass is 9.89. The summed E-state index contributed by atoms with van der Waals surface area (Å²) in [5, 5.41) is 6.25. The molecule has 4 N–H and O–H groups in total. The molecule has 1 saturated carbocycles. The van der Waals surface area contributed by atoms with Gasteiger partial charge in [0.2, 0.25) is 11.8 Å². The highest BCUT2D eigenvalue weighted by Crippen LogP contribution is 2.58. The molecule has 2 rings (SSSR count). The summed E-state index contributed by atoms with van der Waals surface area (Å²) in [4.78, 5) is 24.0. The second kappa shape index (κ2) is 6.31. The topological polar surface area (TPSA) is 84.2 Å². The SMILES string of the molecule is CCC(CC)(NC(=O)C1CC12CCNCC2)C(N)=O.Cl. The van der Waals surface area contributed by atoms with Crippen LogP contribution < -0.4 is 16.4 Å². The van der Waals surface area contributed by atoms with Crippen molar-refractivity contribution in [2.75, 3.05) is 13.1 Å². The largest absolute Gasteiger partial charge is 0.368 e. The summed E-state index contributed by atoms with van der Waals surface area (Å²) in [6, 6.07) is 0. The van der Waals surface area contributed by atoms with Gasteiger partial charge in [-0.2, -0.15) is 0 Å². The van der Waals surface area contributed by atoms with Gasteiger partial charge in [-0.25, -0.2) is 0 Å². The van der Waals surface area contributed by atoms with Crippen molar-refractivity contribution in [2.45, 2.75) is 51.5 Å². The third-order valence-corrected chi connectivity index (χ3v) is 5.15. The van der Waals surface area contributed by atoms with Crippen molar-refractivity contribution in [2.24, 2.45) is 17.1 Å². The van der Waals surface area contributed by atoms with Crippen LogP contribution in [0.5, 0.6) is 0 Å². The van der Waals surface area contributed by atoms with Gasteiger partial charge in [-0.15, -0.1) is 12.4 Å². The maximum Gasteiger partial charge on any atom is 0.243 e. The van der Waals surface area contributed by atoms with Gasteiger partial charge in [-0.05, 0) is 50.6 Å². The van der Waals surface area contributed by atoms with Gasteiger partial charge in [-0.3, -0.25) is 9.59 Å². The van der Waals surface area contributed by atoms with E-state index in [2.05, 4.69) is 10.6 Å². The van der Waals surface area contributed by atoms with E-state index in [-0.39, 0.29) is 29.6 Å². The number of primary amides is 1. The minimum atomic E-state index is -0.867. The molecule has 1 unspecified atom stereocenters. The van der Waals surface area contributed by atoms with Crippen LogP contribution in [0.25, 0.3) is 0 Å². The van der Waals surface area contributed by atoms with E-state index in [0.29, 0.717) is 12.8 Å². The zero-order valence-corrected chi connectivity index (χ0v) is 13.1. The molecule has 1 aliphatic heterocycles. The zero-order chi connectivity index (χ0) is 14.1. The molecule has 0 radical (unpaired) electrons. The predicted molar refractivity (Wildman–Crippen MR) is 80.5 cm³/mol. The summed E-state index contributed by atoms with van der Waals surface area (Å²) in [5.74, 6) is -0.332. The number of amides is 2. The van der Waals surface area contributed by atoms with Gasteiger partial charge < -0.3 is 16.4 Å². The fourth-order valence-electron chi connectivity index (χ4n) is 3.36. The quantitative estimate of drug-likeness (QED) is 0.707. The summed E-state index contributed by atoms with van der Waals surface area (Å²) >= 11 is 0. The molecule has 1 atom stereocenters. The lowest BCUT2D eigenvalue weighted by Crippen LogP contribution is -2.57. The van der Waals surface area contributed by atoms with E-state index in [0.717, 1.165) is 32.4 Å². The number of hydrogen-bond acceptors (Lipinski definition) is 3. The summed E-state index contributed by atoms with van der Waals surface area (Å²) in [6.07, 6.45) is 4.18. The van der Waals surface area contributed by atoms with Crippen molar-refractivity contribution in [1.82, 2.24) is 10.6 Å². The molecule has 116 valence electrons. The van der Waals surface area contributed by atoms with E-state index < -0.39 is 11.4 Å². The zero-order valence-electron chi connectivity index (χ0n) is 12.3. The Balaban J connectivity index is 0.00000200. The van der Waals surface area contributed by atoms with Gasteiger partial charge in [0, 0.05) is 5.92 Å². The van der Waals surface area contributed by atoms with Crippen LogP contribution >= 0.6 is 12.4 Å². The molecule has 2 amide bonds. The molecule has 5 nitrogen and oxygen atoms in total. The van der Waals surface area contributed by atoms with Crippen LogP contribution in [0.1, 0.15) is 46.0 Å². The third kappa shape index (κ3) is 2.93. The maximum atomic E-state index is 12.4. The van der Waals surface area contributed by atoms with E-state index in [9.17, 15) is 9.59 Å². The minimum Gasteiger partial charge on any atom is -0.368 e. The molecule has 1 spiro atoms. The van der Waals surface area contributed by atoms with Gasteiger partial charge in [0.15, 0.2) is 0 Å². The Labute approximate surface area is 126 Å². The Kier molecular flexibility index (Phi) is 5.44. The number of nitrogens with two attached hydrogens (primary N) is 1. The number of rotatable bonds is 5. The Hall–Kier alpha value is -0.810. The van der Waals surface area contributed by atoms with Crippen LogP contribution in [0.4, 0.5) is 0 Å². The summed E-state index contributed by atoms with van der Waals surface area (Å²) in [6.45, 7) is 5.77. The molecule has 6 heteroatoms. The molecule has 0 aromatic rings. The van der Waals surface area contributed by atoms with Gasteiger partial charge in [0.25, 0.3) is 0 Å². The highest BCUT2D eigenvalue weighted by molar-refractivity contribution is 5.92. The molecular weight excluding hydrogens is 278 g/mol. The van der Waals surface area contributed by atoms with E-state index in [4.69, 9.17) is 5.73 Å². The fourth-order valence-corrected chi connectivity index (χ4v) is 3.36. The van der Waals surface area contributed by atoms with Crippen LogP contribution in [0.3, 0.4) is 0 Å². The Morgan fingerprint density at radius 2 is 1.85 bits per heavy atom. The fraction of sp³-hybridized carbons (Fsp3) is 0.857. The standard InChI is InChI=1S/C14H25N3O2.ClH/c1-3-14(4-2,12(15)19)17-11(18)10-9-13(10)5-7-16-8-6-13;/h10,16H,3-9H2,1-2H3,(H2,15,19)(H,17,18);1H. The van der Waals surface area contributed by atoms with E-state index in [1.165, 1.54) is 0 Å². The van der Waals surface area contributed by atoms with Crippen molar-refractivity contribution < 1.29 is 9.59 Å². The maximum absolute atomic E-state index is 12.4. The highest BCUT2D eigenvalue weighted by Gasteiger charge is 2.58. The van der Waals surface area contributed by atoms with Crippen LogP contribution in [-0.2, 0) is 9.59 Å². The number of nitrogens with one attached hydrogen (secondary N) is 2. The number of piperidine rings is 1. The second-order valence-electron chi connectivity index (χ2n) is 6.01. The third-order valence-electron chi connectivity index (χ3n) is 5.15. The van der Waals surface area contributed by atoms with Crippen LogP contribution in [0, 0.1) is 11.3 Å². The highest BCUT2D eigenvalue weighted by atomic mass is 35.5. The molecule has 20 heavy (non-hydrogen) atoms. The summed E-state index contributed by atoms with van der Waals surface area (Å²) in [7, 11) is 0. The number of carbonyl (C=O) groups excluding carboxylic acids is 2. The first-order chi connectivity index (χ1) is 8.99. The van der Waals surface area contributed by atoms with Crippen molar-refractivity contribution in [3.63, 3.8) is 0 Å². The monoisotopic (exact) mass is 303 g/mol. The van der Waals surface area contributed by atoms with Crippen molar-refractivity contribution in [3.8, 4) is 0 Å². The van der Waals surface area contributed by atoms with Gasteiger partial charge in [0.1, 0.15) is 5.54 Å². The van der Waals surface area contributed by atoms with Gasteiger partial charge >= 0.3 is 0 Å². The van der Waals surface area contributed by atoms with Crippen molar-refractivity contribution in [1.29, 1.82) is 0 Å². The molecule has 0 aromatic heterocycles. The van der Waals surface area contributed by atoms with Crippen LogP contribution in [-0.4, -0.2) is 30.4 Å². The van der Waals surface area contributed by atoms with E-state index >= 15 is 0 Å². The van der Waals surface area contributed by atoms with Crippen molar-refractivity contribution in [3.05, 3.63) is 0 Å². The molecule has 1 heterocycles. The van der Waals surface area contributed by atoms with Crippen molar-refractivity contribution >= 4 is 24.2 Å². The lowest BCUT2D eigenvalue weighted by molar-refractivity contribution is -0.133. The van der Waals surface area contributed by atoms with Gasteiger partial charge in [-0.1, -0.05) is 13.8 Å². The smallest absolute Gasteiger partial charge is 0.243 e. The molecule has 2 fully saturated rings. The molecule has 1 aliphatic carbocycles. The molecular formula is C14H26ClN3O2. The first-order valence-electron chi connectivity index (χ1n) is 7.32. The second-order valence-corrected chi connectivity index (χ2v) is 6.01. The van der Waals surface area contributed by atoms with Crippen LogP contribution in [0.15, 0.2) is 0 Å². The first kappa shape index (κ1) is 17.2. The van der Waals surface area contributed by atoms with E-state index in [1.54, 1.807) is 0 Å². The first-order valence-corrected chi connectivity index (χ1v) is 7.32. The average Bonchev–Trinajstić information content (AvgIpc) is 3.10. The Morgan fingerprint density at radius 1 is 1.30 bits per heavy atom. The van der Waals surface area contributed by atoms with E-state index in [1.807, 2.05) is 13.8 Å². The Morgan fingerprint density at radius 3 is 2.30 bits per heavy atom. The van der Waals surface area contributed by atoms with Gasteiger partial charge in [0.05, 0.1) is 0 Å².